The van der Waals surface area contributed by atoms with Crippen molar-refractivity contribution in [2.75, 3.05) is 12.0 Å². The molecular weight excluding hydrogens is 341 g/mol. The number of benzene rings is 1. The maximum Gasteiger partial charge on any atom is 0.416 e. The van der Waals surface area contributed by atoms with Gasteiger partial charge in [0, 0.05) is 23.7 Å². The predicted octanol–water partition coefficient (Wildman–Crippen LogP) is 4.24. The van der Waals surface area contributed by atoms with E-state index in [1.807, 2.05) is 32.0 Å². The fourth-order valence-corrected chi connectivity index (χ4v) is 2.79. The van der Waals surface area contributed by atoms with Crippen molar-refractivity contribution in [1.82, 2.24) is 4.98 Å². The van der Waals surface area contributed by atoms with Crippen LogP contribution in [0.3, 0.4) is 0 Å². The normalized spacial score (nSPS) is 14.0. The van der Waals surface area contributed by atoms with Crippen molar-refractivity contribution in [2.24, 2.45) is 11.6 Å². The number of halogens is 3. The number of nitrogens with two attached hydrogens (primary N) is 2. The number of hydrazine groups is 1. The minimum absolute atomic E-state index is 0.0766. The molecule has 2 aromatic rings. The van der Waals surface area contributed by atoms with Gasteiger partial charge in [-0.2, -0.15) is 13.2 Å². The molecule has 0 amide bonds. The summed E-state index contributed by atoms with van der Waals surface area (Å²) in [6.45, 7) is 7.70. The van der Waals surface area contributed by atoms with Crippen molar-refractivity contribution >= 4 is 11.4 Å². The van der Waals surface area contributed by atoms with Crippen molar-refractivity contribution in [1.29, 1.82) is 0 Å². The molecule has 1 aromatic heterocycles. The van der Waals surface area contributed by atoms with E-state index in [4.69, 9.17) is 11.6 Å². The number of anilines is 1. The summed E-state index contributed by atoms with van der Waals surface area (Å²) < 4.78 is 39.9. The van der Waals surface area contributed by atoms with Gasteiger partial charge in [-0.3, -0.25) is 0 Å². The van der Waals surface area contributed by atoms with Gasteiger partial charge in [0.1, 0.15) is 5.82 Å². The lowest BCUT2D eigenvalue weighted by Gasteiger charge is -2.28. The van der Waals surface area contributed by atoms with Gasteiger partial charge in [-0.1, -0.05) is 44.7 Å². The van der Waals surface area contributed by atoms with E-state index in [9.17, 15) is 13.2 Å². The second kappa shape index (κ2) is 7.47. The number of rotatable bonds is 6. The third-order valence-electron chi connectivity index (χ3n) is 4.83. The van der Waals surface area contributed by atoms with Gasteiger partial charge in [-0.05, 0) is 29.2 Å². The highest BCUT2D eigenvalue weighted by molar-refractivity contribution is 5.88. The van der Waals surface area contributed by atoms with Crippen molar-refractivity contribution < 1.29 is 13.2 Å². The van der Waals surface area contributed by atoms with Crippen LogP contribution in [0.2, 0.25) is 0 Å². The molecule has 2 rings (SSSR count). The molecule has 0 fully saturated rings. The van der Waals surface area contributed by atoms with Crippen LogP contribution in [0.5, 0.6) is 0 Å². The first-order valence-corrected chi connectivity index (χ1v) is 8.21. The van der Waals surface area contributed by atoms with Crippen LogP contribution in [0.1, 0.15) is 31.4 Å². The monoisotopic (exact) mass is 364 g/mol. The maximum atomic E-state index is 13.3. The third kappa shape index (κ3) is 3.73. The Bertz CT molecular complexity index is 796. The molecule has 0 radical (unpaired) electrons. The summed E-state index contributed by atoms with van der Waals surface area (Å²) in [5, 5.41) is 0. The van der Waals surface area contributed by atoms with E-state index in [1.54, 1.807) is 6.07 Å². The van der Waals surface area contributed by atoms with Crippen LogP contribution in [0.4, 0.5) is 19.0 Å². The van der Waals surface area contributed by atoms with Gasteiger partial charge >= 0.3 is 6.18 Å². The van der Waals surface area contributed by atoms with Crippen LogP contribution in [-0.2, 0) is 5.41 Å². The van der Waals surface area contributed by atoms with E-state index >= 15 is 0 Å². The summed E-state index contributed by atoms with van der Waals surface area (Å²) in [7, 11) is 0. The predicted molar refractivity (Wildman–Crippen MR) is 99.3 cm³/mol. The lowest BCUT2D eigenvalue weighted by molar-refractivity contribution is -0.0686. The average Bonchev–Trinajstić information content (AvgIpc) is 2.65. The summed E-state index contributed by atoms with van der Waals surface area (Å²) >= 11 is 0. The molecule has 0 saturated carbocycles. The Morgan fingerprint density at radius 1 is 1.27 bits per heavy atom. The molecule has 7 heteroatoms. The quantitative estimate of drug-likeness (QED) is 0.529. The van der Waals surface area contributed by atoms with E-state index in [2.05, 4.69) is 17.0 Å². The molecule has 0 aliphatic heterocycles. The first kappa shape index (κ1) is 19.9. The molecule has 1 aromatic carbocycles. The third-order valence-corrected chi connectivity index (χ3v) is 4.83. The lowest BCUT2D eigenvalue weighted by Crippen LogP contribution is -2.30. The molecule has 26 heavy (non-hydrogen) atoms. The maximum absolute atomic E-state index is 13.3. The number of hydrogen-bond acceptors (Lipinski definition) is 4. The Kier molecular flexibility index (Phi) is 5.73. The standard InChI is InChI=1S/C19H23F3N4/c1-4-18(3,11-23)14-7-5-6-13(10-14)15-8-9-25-17(26-24)16(15)12(2)19(20,21)22/h5-10H,2,4,11,23-24H2,1,3H3,(H,25,26). The zero-order valence-electron chi connectivity index (χ0n) is 14.8. The topological polar surface area (TPSA) is 77.0 Å². The first-order chi connectivity index (χ1) is 12.2. The molecule has 1 unspecified atom stereocenters. The molecule has 1 heterocycles. The van der Waals surface area contributed by atoms with Crippen molar-refractivity contribution in [3.8, 4) is 11.1 Å². The number of hydrogen-bond donors (Lipinski definition) is 3. The number of alkyl halides is 3. The van der Waals surface area contributed by atoms with Crippen LogP contribution in [-0.4, -0.2) is 17.7 Å². The summed E-state index contributed by atoms with van der Waals surface area (Å²) in [6.07, 6.45) is -2.39. The Hall–Kier alpha value is -2.38. The second-order valence-corrected chi connectivity index (χ2v) is 6.40. The van der Waals surface area contributed by atoms with Crippen LogP contribution >= 0.6 is 0 Å². The summed E-state index contributed by atoms with van der Waals surface area (Å²) in [5.41, 5.74) is 8.66. The minimum atomic E-state index is -4.60. The highest BCUT2D eigenvalue weighted by Crippen LogP contribution is 2.41. The van der Waals surface area contributed by atoms with Crippen LogP contribution in [0.25, 0.3) is 16.7 Å². The lowest BCUT2D eigenvalue weighted by atomic mass is 9.79. The molecule has 4 nitrogen and oxygen atoms in total. The number of allylic oxidation sites excluding steroid dienone is 1. The second-order valence-electron chi connectivity index (χ2n) is 6.40. The Morgan fingerprint density at radius 3 is 2.50 bits per heavy atom. The van der Waals surface area contributed by atoms with Gasteiger partial charge < -0.3 is 11.2 Å². The number of nitrogen functional groups attached to an aromatic ring is 1. The van der Waals surface area contributed by atoms with Gasteiger partial charge in [0.2, 0.25) is 0 Å². The first-order valence-electron chi connectivity index (χ1n) is 8.21. The Balaban J connectivity index is 2.69. The summed E-state index contributed by atoms with van der Waals surface area (Å²) in [4.78, 5) is 3.90. The van der Waals surface area contributed by atoms with Crippen molar-refractivity contribution in [3.63, 3.8) is 0 Å². The van der Waals surface area contributed by atoms with Gasteiger partial charge in [-0.25, -0.2) is 10.8 Å². The fourth-order valence-electron chi connectivity index (χ4n) is 2.79. The van der Waals surface area contributed by atoms with E-state index in [0.29, 0.717) is 17.7 Å². The molecule has 0 spiro atoms. The van der Waals surface area contributed by atoms with Crippen LogP contribution in [0.15, 0.2) is 43.1 Å². The number of aromatic nitrogens is 1. The highest BCUT2D eigenvalue weighted by atomic mass is 19.4. The molecule has 1 atom stereocenters. The van der Waals surface area contributed by atoms with Gasteiger partial charge in [0.25, 0.3) is 0 Å². The summed E-state index contributed by atoms with van der Waals surface area (Å²) in [6, 6.07) is 8.88. The summed E-state index contributed by atoms with van der Waals surface area (Å²) in [5.74, 6) is 5.31. The van der Waals surface area contributed by atoms with Gasteiger partial charge in [-0.15, -0.1) is 0 Å². The molecular formula is C19H23F3N4. The zero-order valence-corrected chi connectivity index (χ0v) is 14.8. The van der Waals surface area contributed by atoms with Crippen LogP contribution in [0, 0.1) is 0 Å². The van der Waals surface area contributed by atoms with E-state index in [-0.39, 0.29) is 16.8 Å². The Labute approximate surface area is 151 Å². The number of pyridine rings is 1. The smallest absolute Gasteiger partial charge is 0.330 e. The molecule has 0 bridgehead atoms. The molecule has 0 aliphatic carbocycles. The largest absolute Gasteiger partial charge is 0.416 e. The number of nitrogens with zero attached hydrogens (tertiary/aromatic N) is 1. The van der Waals surface area contributed by atoms with E-state index < -0.39 is 11.7 Å². The SMILES string of the molecule is C=C(c1c(-c2cccc(C(C)(CC)CN)c2)ccnc1NN)C(F)(F)F. The van der Waals surface area contributed by atoms with E-state index in [1.165, 1.54) is 12.3 Å². The van der Waals surface area contributed by atoms with Gasteiger partial charge in [0.05, 0.1) is 5.57 Å². The Morgan fingerprint density at radius 2 is 1.96 bits per heavy atom. The molecule has 140 valence electrons. The van der Waals surface area contributed by atoms with Crippen LogP contribution < -0.4 is 17.0 Å². The highest BCUT2D eigenvalue weighted by Gasteiger charge is 2.36. The molecule has 0 saturated heterocycles. The fraction of sp³-hybridized carbons (Fsp3) is 0.316. The zero-order chi connectivity index (χ0) is 19.5. The minimum Gasteiger partial charge on any atom is -0.330 e. The van der Waals surface area contributed by atoms with E-state index in [0.717, 1.165) is 12.0 Å². The average molecular weight is 364 g/mol. The van der Waals surface area contributed by atoms with Crippen molar-refractivity contribution in [3.05, 3.63) is 54.2 Å². The molecule has 5 N–H and O–H groups in total. The number of nitrogens with one attached hydrogen (secondary N) is 1. The molecule has 0 aliphatic rings. The van der Waals surface area contributed by atoms with Gasteiger partial charge in [0.15, 0.2) is 0 Å². The van der Waals surface area contributed by atoms with Crippen molar-refractivity contribution in [2.45, 2.75) is 31.9 Å².